The van der Waals surface area contributed by atoms with Crippen LogP contribution in [0.1, 0.15) is 32.6 Å². The average molecular weight is 213 g/mol. The van der Waals surface area contributed by atoms with Crippen molar-refractivity contribution in [2.24, 2.45) is 5.73 Å². The van der Waals surface area contributed by atoms with E-state index in [4.69, 9.17) is 5.73 Å². The Bertz CT molecular complexity index is 243. The molecule has 0 radical (unpaired) electrons. The highest BCUT2D eigenvalue weighted by Gasteiger charge is 2.23. The Balaban J connectivity index is 2.47. The van der Waals surface area contributed by atoms with Gasteiger partial charge in [-0.2, -0.15) is 0 Å². The van der Waals surface area contributed by atoms with Gasteiger partial charge in [-0.15, -0.1) is 0 Å². The topological polar surface area (TPSA) is 84.2 Å². The van der Waals surface area contributed by atoms with Gasteiger partial charge in [-0.25, -0.2) is 0 Å². The standard InChI is InChI=1S/C10H19N3O2/c1-2-7(11)9(14)13-8-5-3-4-6-12-10(8)15/h7-8H,2-6,11H2,1H3,(H,12,15)(H,13,14)/t7-,8?/m0/s1. The summed E-state index contributed by atoms with van der Waals surface area (Å²) < 4.78 is 0. The molecule has 1 heterocycles. The second-order valence-corrected chi connectivity index (χ2v) is 3.86. The van der Waals surface area contributed by atoms with E-state index in [0.717, 1.165) is 12.8 Å². The quantitative estimate of drug-likeness (QED) is 0.591. The van der Waals surface area contributed by atoms with Crippen LogP contribution in [0.3, 0.4) is 0 Å². The first-order chi connectivity index (χ1) is 7.15. The lowest BCUT2D eigenvalue weighted by molar-refractivity contribution is -0.129. The number of amides is 2. The Morgan fingerprint density at radius 3 is 3.07 bits per heavy atom. The average Bonchev–Trinajstić information content (AvgIpc) is 2.43. The molecule has 0 aromatic heterocycles. The molecule has 2 amide bonds. The van der Waals surface area contributed by atoms with E-state index < -0.39 is 12.1 Å². The Hall–Kier alpha value is -1.10. The van der Waals surface area contributed by atoms with Crippen molar-refractivity contribution < 1.29 is 9.59 Å². The zero-order valence-corrected chi connectivity index (χ0v) is 9.08. The van der Waals surface area contributed by atoms with Gasteiger partial charge >= 0.3 is 0 Å². The molecule has 1 aliphatic heterocycles. The highest BCUT2D eigenvalue weighted by Crippen LogP contribution is 2.05. The van der Waals surface area contributed by atoms with Crippen LogP contribution in [-0.4, -0.2) is 30.4 Å². The number of nitrogens with two attached hydrogens (primary N) is 1. The summed E-state index contributed by atoms with van der Waals surface area (Å²) in [5.41, 5.74) is 5.57. The van der Waals surface area contributed by atoms with Crippen LogP contribution in [0.2, 0.25) is 0 Å². The van der Waals surface area contributed by atoms with E-state index in [9.17, 15) is 9.59 Å². The Labute approximate surface area is 89.8 Å². The van der Waals surface area contributed by atoms with Crippen LogP contribution in [0, 0.1) is 0 Å². The van der Waals surface area contributed by atoms with Gasteiger partial charge in [0.2, 0.25) is 11.8 Å². The van der Waals surface area contributed by atoms with Gasteiger partial charge in [0.05, 0.1) is 6.04 Å². The van der Waals surface area contributed by atoms with Crippen LogP contribution >= 0.6 is 0 Å². The molecule has 86 valence electrons. The molecule has 0 aromatic rings. The summed E-state index contributed by atoms with van der Waals surface area (Å²) in [7, 11) is 0. The van der Waals surface area contributed by atoms with Gasteiger partial charge in [0, 0.05) is 6.54 Å². The number of carbonyl (C=O) groups excluding carboxylic acids is 2. The van der Waals surface area contributed by atoms with Crippen molar-refractivity contribution in [2.75, 3.05) is 6.54 Å². The van der Waals surface area contributed by atoms with Crippen LogP contribution in [0.25, 0.3) is 0 Å². The second kappa shape index (κ2) is 5.70. The van der Waals surface area contributed by atoms with Crippen molar-refractivity contribution in [1.29, 1.82) is 0 Å². The number of nitrogens with one attached hydrogen (secondary N) is 2. The molecule has 1 unspecified atom stereocenters. The van der Waals surface area contributed by atoms with Gasteiger partial charge in [-0.3, -0.25) is 9.59 Å². The molecular weight excluding hydrogens is 194 g/mol. The SMILES string of the molecule is CC[C@H](N)C(=O)NC1CCCCNC1=O. The first-order valence-corrected chi connectivity index (χ1v) is 5.48. The van der Waals surface area contributed by atoms with E-state index in [0.29, 0.717) is 19.4 Å². The summed E-state index contributed by atoms with van der Waals surface area (Å²) in [6.07, 6.45) is 3.21. The zero-order valence-electron chi connectivity index (χ0n) is 9.08. The highest BCUT2D eigenvalue weighted by molar-refractivity contribution is 5.89. The number of carbonyl (C=O) groups is 2. The molecule has 0 spiro atoms. The highest BCUT2D eigenvalue weighted by atomic mass is 16.2. The third-order valence-electron chi connectivity index (χ3n) is 2.63. The predicted octanol–water partition coefficient (Wildman–Crippen LogP) is -0.491. The second-order valence-electron chi connectivity index (χ2n) is 3.86. The molecule has 2 atom stereocenters. The Morgan fingerprint density at radius 1 is 1.67 bits per heavy atom. The summed E-state index contributed by atoms with van der Waals surface area (Å²) in [5, 5.41) is 5.45. The first-order valence-electron chi connectivity index (χ1n) is 5.48. The molecule has 0 aromatic carbocycles. The molecule has 0 bridgehead atoms. The maximum absolute atomic E-state index is 11.5. The largest absolute Gasteiger partial charge is 0.354 e. The molecule has 15 heavy (non-hydrogen) atoms. The minimum absolute atomic E-state index is 0.0934. The van der Waals surface area contributed by atoms with Crippen molar-refractivity contribution in [3.8, 4) is 0 Å². The lowest BCUT2D eigenvalue weighted by atomic mass is 10.1. The van der Waals surface area contributed by atoms with E-state index in [1.54, 1.807) is 0 Å². The molecule has 0 aliphatic carbocycles. The Kier molecular flexibility index (Phi) is 4.55. The summed E-state index contributed by atoms with van der Waals surface area (Å²) in [6.45, 7) is 2.54. The zero-order chi connectivity index (χ0) is 11.3. The van der Waals surface area contributed by atoms with Crippen LogP contribution in [0.4, 0.5) is 0 Å². The number of rotatable bonds is 3. The van der Waals surface area contributed by atoms with E-state index in [-0.39, 0.29) is 11.8 Å². The molecule has 5 heteroatoms. The smallest absolute Gasteiger partial charge is 0.242 e. The summed E-state index contributed by atoms with van der Waals surface area (Å²) in [6, 6.07) is -0.918. The minimum Gasteiger partial charge on any atom is -0.354 e. The fourth-order valence-electron chi connectivity index (χ4n) is 1.54. The van der Waals surface area contributed by atoms with Crippen molar-refractivity contribution in [2.45, 2.75) is 44.7 Å². The monoisotopic (exact) mass is 213 g/mol. The van der Waals surface area contributed by atoms with Gasteiger partial charge in [0.15, 0.2) is 0 Å². The van der Waals surface area contributed by atoms with E-state index >= 15 is 0 Å². The van der Waals surface area contributed by atoms with Gasteiger partial charge in [-0.05, 0) is 25.7 Å². The third kappa shape index (κ3) is 3.51. The summed E-state index contributed by atoms with van der Waals surface area (Å²) in [4.78, 5) is 23.0. The van der Waals surface area contributed by atoms with Crippen molar-refractivity contribution in [3.05, 3.63) is 0 Å². The molecule has 0 saturated carbocycles. The first kappa shape index (κ1) is 12.0. The third-order valence-corrected chi connectivity index (χ3v) is 2.63. The lowest BCUT2D eigenvalue weighted by Crippen LogP contribution is -2.50. The molecule has 1 fully saturated rings. The molecule has 1 aliphatic rings. The molecule has 1 rings (SSSR count). The lowest BCUT2D eigenvalue weighted by Gasteiger charge is -2.17. The van der Waals surface area contributed by atoms with Gasteiger partial charge < -0.3 is 16.4 Å². The molecular formula is C10H19N3O2. The van der Waals surface area contributed by atoms with Crippen LogP contribution in [0.15, 0.2) is 0 Å². The molecule has 5 nitrogen and oxygen atoms in total. The maximum Gasteiger partial charge on any atom is 0.242 e. The van der Waals surface area contributed by atoms with Crippen molar-refractivity contribution in [1.82, 2.24) is 10.6 Å². The summed E-state index contributed by atoms with van der Waals surface area (Å²) >= 11 is 0. The Morgan fingerprint density at radius 2 is 2.40 bits per heavy atom. The number of hydrogen-bond acceptors (Lipinski definition) is 3. The van der Waals surface area contributed by atoms with E-state index in [1.807, 2.05) is 6.92 Å². The fraction of sp³-hybridized carbons (Fsp3) is 0.800. The van der Waals surface area contributed by atoms with E-state index in [2.05, 4.69) is 10.6 Å². The van der Waals surface area contributed by atoms with Gasteiger partial charge in [-0.1, -0.05) is 6.92 Å². The van der Waals surface area contributed by atoms with Crippen LogP contribution in [-0.2, 0) is 9.59 Å². The van der Waals surface area contributed by atoms with Crippen molar-refractivity contribution in [3.63, 3.8) is 0 Å². The fourth-order valence-corrected chi connectivity index (χ4v) is 1.54. The minimum atomic E-state index is -0.513. The van der Waals surface area contributed by atoms with Gasteiger partial charge in [0.1, 0.15) is 6.04 Å². The van der Waals surface area contributed by atoms with Crippen molar-refractivity contribution >= 4 is 11.8 Å². The number of hydrogen-bond donors (Lipinski definition) is 3. The molecule has 1 saturated heterocycles. The maximum atomic E-state index is 11.5. The van der Waals surface area contributed by atoms with Crippen LogP contribution < -0.4 is 16.4 Å². The normalized spacial score (nSPS) is 23.9. The summed E-state index contributed by atoms with van der Waals surface area (Å²) in [5.74, 6) is -0.330. The van der Waals surface area contributed by atoms with E-state index in [1.165, 1.54) is 0 Å². The van der Waals surface area contributed by atoms with Crippen LogP contribution in [0.5, 0.6) is 0 Å². The predicted molar refractivity (Wildman–Crippen MR) is 57.1 cm³/mol. The van der Waals surface area contributed by atoms with Gasteiger partial charge in [0.25, 0.3) is 0 Å². The molecule has 4 N–H and O–H groups in total.